The van der Waals surface area contributed by atoms with E-state index in [4.69, 9.17) is 9.47 Å². The highest BCUT2D eigenvalue weighted by Gasteiger charge is 2.19. The van der Waals surface area contributed by atoms with E-state index in [2.05, 4.69) is 30.4 Å². The highest BCUT2D eigenvalue weighted by molar-refractivity contribution is 6.05. The summed E-state index contributed by atoms with van der Waals surface area (Å²) in [6.07, 6.45) is 13.1. The predicted molar refractivity (Wildman–Crippen MR) is 139 cm³/mol. The average molecular weight is 465 g/mol. The number of hydrazone groups is 1. The number of rotatable bonds is 13. The number of methoxy groups -OCH3 is 1. The number of carbonyl (C=O) groups excluding carboxylic acids is 1. The summed E-state index contributed by atoms with van der Waals surface area (Å²) in [4.78, 5) is 12.6. The van der Waals surface area contributed by atoms with Crippen molar-refractivity contribution < 1.29 is 14.3 Å². The molecule has 184 valence electrons. The fraction of sp³-hybridized carbons (Fsp3) is 0.517. The number of nitrogens with one attached hydrogen (secondary N) is 1. The van der Waals surface area contributed by atoms with Gasteiger partial charge in [0.25, 0.3) is 5.91 Å². The molecule has 0 spiro atoms. The van der Waals surface area contributed by atoms with Gasteiger partial charge in [0.05, 0.1) is 19.4 Å². The van der Waals surface area contributed by atoms with Gasteiger partial charge in [-0.3, -0.25) is 4.79 Å². The third-order valence-corrected chi connectivity index (χ3v) is 6.45. The number of unbranched alkanes of at least 4 members (excludes halogenated alkanes) is 7. The molecule has 1 amide bonds. The van der Waals surface area contributed by atoms with Gasteiger partial charge in [-0.15, -0.1) is 0 Å². The minimum absolute atomic E-state index is 0.208. The maximum Gasteiger partial charge on any atom is 0.271 e. The number of hydrogen-bond donors (Lipinski definition) is 1. The van der Waals surface area contributed by atoms with E-state index in [1.807, 2.05) is 18.2 Å². The van der Waals surface area contributed by atoms with Crippen LogP contribution < -0.4 is 14.9 Å². The summed E-state index contributed by atoms with van der Waals surface area (Å²) >= 11 is 0. The van der Waals surface area contributed by atoms with Crippen LogP contribution in [-0.4, -0.2) is 25.3 Å². The molecule has 0 radical (unpaired) electrons. The number of aryl methyl sites for hydroxylation is 2. The van der Waals surface area contributed by atoms with Gasteiger partial charge < -0.3 is 9.47 Å². The molecule has 0 atom stereocenters. The number of hydrogen-bond acceptors (Lipinski definition) is 4. The maximum absolute atomic E-state index is 12.6. The Bertz CT molecular complexity index is 951. The Morgan fingerprint density at radius 3 is 2.35 bits per heavy atom. The molecule has 1 aliphatic carbocycles. The molecule has 0 fully saturated rings. The summed E-state index contributed by atoms with van der Waals surface area (Å²) in [5, 5.41) is 4.49. The van der Waals surface area contributed by atoms with Gasteiger partial charge in [-0.1, -0.05) is 51.9 Å². The first-order chi connectivity index (χ1) is 16.6. The second kappa shape index (κ2) is 13.8. The zero-order chi connectivity index (χ0) is 24.2. The van der Waals surface area contributed by atoms with Crippen molar-refractivity contribution in [3.63, 3.8) is 0 Å². The van der Waals surface area contributed by atoms with Crippen LogP contribution in [-0.2, 0) is 6.42 Å². The van der Waals surface area contributed by atoms with Crippen LogP contribution in [0, 0.1) is 6.92 Å². The molecule has 0 saturated carbocycles. The van der Waals surface area contributed by atoms with Gasteiger partial charge in [0.2, 0.25) is 0 Å². The van der Waals surface area contributed by atoms with Gasteiger partial charge in [0.15, 0.2) is 0 Å². The first-order valence-electron chi connectivity index (χ1n) is 12.9. The average Bonchev–Trinajstić information content (AvgIpc) is 2.86. The summed E-state index contributed by atoms with van der Waals surface area (Å²) in [7, 11) is 1.69. The van der Waals surface area contributed by atoms with Crippen LogP contribution in [0.5, 0.6) is 11.5 Å². The lowest BCUT2D eigenvalue weighted by Crippen LogP contribution is -2.22. The van der Waals surface area contributed by atoms with Gasteiger partial charge in [-0.05, 0) is 80.1 Å². The van der Waals surface area contributed by atoms with E-state index >= 15 is 0 Å². The van der Waals surface area contributed by atoms with E-state index in [1.54, 1.807) is 19.2 Å². The Morgan fingerprint density at radius 1 is 0.941 bits per heavy atom. The summed E-state index contributed by atoms with van der Waals surface area (Å²) in [5.41, 5.74) is 7.74. The minimum atomic E-state index is -0.208. The molecule has 1 aliphatic rings. The number of benzene rings is 2. The molecule has 0 saturated heterocycles. The molecule has 1 N–H and O–H groups in total. The number of amides is 1. The highest BCUT2D eigenvalue weighted by Crippen LogP contribution is 2.29. The number of nitrogens with zero attached hydrogens (tertiary/aromatic N) is 1. The first-order valence-corrected chi connectivity index (χ1v) is 12.9. The lowest BCUT2D eigenvalue weighted by Gasteiger charge is -2.21. The second-order valence-electron chi connectivity index (χ2n) is 9.18. The van der Waals surface area contributed by atoms with E-state index in [0.29, 0.717) is 5.56 Å². The molecule has 0 aromatic heterocycles. The Morgan fingerprint density at radius 2 is 1.65 bits per heavy atom. The summed E-state index contributed by atoms with van der Waals surface area (Å²) in [6, 6.07) is 11.4. The second-order valence-corrected chi connectivity index (χ2v) is 9.18. The van der Waals surface area contributed by atoms with Crippen LogP contribution >= 0.6 is 0 Å². The van der Waals surface area contributed by atoms with Crippen LogP contribution in [0.15, 0.2) is 41.5 Å². The molecule has 0 heterocycles. The fourth-order valence-electron chi connectivity index (χ4n) is 4.55. The first kappa shape index (κ1) is 25.8. The van der Waals surface area contributed by atoms with Crippen molar-refractivity contribution in [3.05, 3.63) is 58.7 Å². The fourth-order valence-corrected chi connectivity index (χ4v) is 4.55. The summed E-state index contributed by atoms with van der Waals surface area (Å²) in [5.74, 6) is 1.46. The molecule has 0 unspecified atom stereocenters. The van der Waals surface area contributed by atoms with Gasteiger partial charge in [0, 0.05) is 11.1 Å². The molecule has 0 bridgehead atoms. The molecule has 2 aromatic rings. The van der Waals surface area contributed by atoms with E-state index in [0.717, 1.165) is 60.6 Å². The molecular formula is C29H40N2O3. The number of carbonyl (C=O) groups is 1. The normalized spacial score (nSPS) is 14.0. The van der Waals surface area contributed by atoms with Crippen LogP contribution in [0.1, 0.15) is 98.2 Å². The molecule has 0 aliphatic heterocycles. The van der Waals surface area contributed by atoms with Crippen molar-refractivity contribution in [3.8, 4) is 11.5 Å². The van der Waals surface area contributed by atoms with E-state index in [-0.39, 0.29) is 5.91 Å². The van der Waals surface area contributed by atoms with Crippen molar-refractivity contribution in [2.75, 3.05) is 13.7 Å². The van der Waals surface area contributed by atoms with E-state index in [9.17, 15) is 4.79 Å². The lowest BCUT2D eigenvalue weighted by atomic mass is 9.87. The van der Waals surface area contributed by atoms with Gasteiger partial charge in [0.1, 0.15) is 11.5 Å². The highest BCUT2D eigenvalue weighted by atomic mass is 16.5. The topological polar surface area (TPSA) is 59.9 Å². The molecule has 3 rings (SSSR count). The largest absolute Gasteiger partial charge is 0.497 e. The van der Waals surface area contributed by atoms with Gasteiger partial charge in [-0.25, -0.2) is 5.43 Å². The van der Waals surface area contributed by atoms with Crippen molar-refractivity contribution in [2.24, 2.45) is 5.10 Å². The predicted octanol–water partition coefficient (Wildman–Crippen LogP) is 6.99. The van der Waals surface area contributed by atoms with E-state index < -0.39 is 0 Å². The molecule has 2 aromatic carbocycles. The number of ether oxygens (including phenoxy) is 2. The zero-order valence-corrected chi connectivity index (χ0v) is 21.1. The zero-order valence-electron chi connectivity index (χ0n) is 21.1. The van der Waals surface area contributed by atoms with Crippen LogP contribution in [0.4, 0.5) is 0 Å². The van der Waals surface area contributed by atoms with Gasteiger partial charge >= 0.3 is 0 Å². The SMILES string of the molecule is CCCCCCCCCCOc1ccc(C(=O)NN=C2CCCc3cc(OC)cc(C)c32)cc1. The molecular weight excluding hydrogens is 424 g/mol. The third-order valence-electron chi connectivity index (χ3n) is 6.45. The van der Waals surface area contributed by atoms with Crippen molar-refractivity contribution in [2.45, 2.75) is 84.5 Å². The molecule has 34 heavy (non-hydrogen) atoms. The van der Waals surface area contributed by atoms with Crippen LogP contribution in [0.3, 0.4) is 0 Å². The number of fused-ring (bicyclic) bond motifs is 1. The Hall–Kier alpha value is -2.82. The van der Waals surface area contributed by atoms with Gasteiger partial charge in [-0.2, -0.15) is 5.10 Å². The van der Waals surface area contributed by atoms with Crippen molar-refractivity contribution >= 4 is 11.6 Å². The quantitative estimate of drug-likeness (QED) is 0.257. The Balaban J connectivity index is 1.45. The smallest absolute Gasteiger partial charge is 0.271 e. The van der Waals surface area contributed by atoms with E-state index in [1.165, 1.54) is 50.5 Å². The Labute approximate surface area is 204 Å². The van der Waals surface area contributed by atoms with Crippen LogP contribution in [0.25, 0.3) is 0 Å². The van der Waals surface area contributed by atoms with Crippen molar-refractivity contribution in [1.29, 1.82) is 0 Å². The Kier molecular flexibility index (Phi) is 10.5. The summed E-state index contributed by atoms with van der Waals surface area (Å²) < 4.78 is 11.2. The molecule has 5 nitrogen and oxygen atoms in total. The standard InChI is InChI=1S/C29H40N2O3/c1-4-5-6-7-8-9-10-11-19-34-25-17-15-23(16-18-25)29(32)31-30-27-14-12-13-24-21-26(33-3)20-22(2)28(24)27/h15-18,20-21H,4-14,19H2,1-3H3,(H,31,32). The monoisotopic (exact) mass is 464 g/mol. The third kappa shape index (κ3) is 7.61. The lowest BCUT2D eigenvalue weighted by molar-refractivity contribution is 0.0954. The minimum Gasteiger partial charge on any atom is -0.497 e. The van der Waals surface area contributed by atoms with Crippen molar-refractivity contribution in [1.82, 2.24) is 5.43 Å². The van der Waals surface area contributed by atoms with Crippen LogP contribution in [0.2, 0.25) is 0 Å². The summed E-state index contributed by atoms with van der Waals surface area (Å²) in [6.45, 7) is 5.04. The molecule has 5 heteroatoms. The maximum atomic E-state index is 12.6.